The number of ether oxygens (including phenoxy) is 2. The van der Waals surface area contributed by atoms with Crippen molar-refractivity contribution in [2.75, 3.05) is 26.1 Å². The van der Waals surface area contributed by atoms with Crippen molar-refractivity contribution in [3.8, 4) is 5.75 Å². The summed E-state index contributed by atoms with van der Waals surface area (Å²) < 4.78 is 16.2. The van der Waals surface area contributed by atoms with Crippen molar-refractivity contribution in [1.82, 2.24) is 4.90 Å². The van der Waals surface area contributed by atoms with Gasteiger partial charge in [-0.2, -0.15) is 0 Å². The van der Waals surface area contributed by atoms with Crippen LogP contribution in [0.4, 0.5) is 10.5 Å². The van der Waals surface area contributed by atoms with Crippen LogP contribution in [0, 0.1) is 6.92 Å². The molecule has 2 heterocycles. The SMILES string of the molecule is COCc1ccc(C2CCCN2C(=O)Nc2cc(OC)ccc2C)o1. The van der Waals surface area contributed by atoms with Crippen LogP contribution in [-0.2, 0) is 11.3 Å². The molecular formula is C19H24N2O4. The fourth-order valence-corrected chi connectivity index (χ4v) is 3.15. The summed E-state index contributed by atoms with van der Waals surface area (Å²) in [6.45, 7) is 3.10. The molecule has 134 valence electrons. The Bertz CT molecular complexity index is 741. The highest BCUT2D eigenvalue weighted by Gasteiger charge is 2.32. The molecule has 25 heavy (non-hydrogen) atoms. The Balaban J connectivity index is 1.74. The van der Waals surface area contributed by atoms with Crippen molar-refractivity contribution < 1.29 is 18.7 Å². The van der Waals surface area contributed by atoms with Crippen molar-refractivity contribution in [1.29, 1.82) is 0 Å². The van der Waals surface area contributed by atoms with Crippen molar-refractivity contribution in [2.45, 2.75) is 32.4 Å². The average molecular weight is 344 g/mol. The molecule has 1 N–H and O–H groups in total. The Labute approximate surface area is 147 Å². The lowest BCUT2D eigenvalue weighted by atomic mass is 10.1. The van der Waals surface area contributed by atoms with Crippen molar-refractivity contribution in [3.05, 3.63) is 47.4 Å². The fourth-order valence-electron chi connectivity index (χ4n) is 3.15. The molecule has 0 saturated carbocycles. The Hall–Kier alpha value is -2.47. The van der Waals surface area contributed by atoms with E-state index in [9.17, 15) is 4.79 Å². The molecule has 1 unspecified atom stereocenters. The summed E-state index contributed by atoms with van der Waals surface area (Å²) in [7, 11) is 3.25. The number of rotatable bonds is 5. The van der Waals surface area contributed by atoms with Gasteiger partial charge in [0, 0.05) is 25.4 Å². The van der Waals surface area contributed by atoms with Gasteiger partial charge < -0.3 is 24.1 Å². The maximum Gasteiger partial charge on any atom is 0.322 e. The minimum atomic E-state index is -0.122. The molecule has 0 bridgehead atoms. The number of hydrogen-bond donors (Lipinski definition) is 1. The molecule has 0 radical (unpaired) electrons. The maximum atomic E-state index is 12.8. The average Bonchev–Trinajstić information content (AvgIpc) is 3.26. The van der Waals surface area contributed by atoms with Crippen LogP contribution < -0.4 is 10.1 Å². The highest BCUT2D eigenvalue weighted by Crippen LogP contribution is 2.34. The summed E-state index contributed by atoms with van der Waals surface area (Å²) in [6.07, 6.45) is 1.85. The van der Waals surface area contributed by atoms with E-state index in [2.05, 4.69) is 5.32 Å². The third-order valence-corrected chi connectivity index (χ3v) is 4.50. The van der Waals surface area contributed by atoms with Crippen molar-refractivity contribution >= 4 is 11.7 Å². The summed E-state index contributed by atoms with van der Waals surface area (Å²) in [6, 6.07) is 9.31. The number of urea groups is 1. The first kappa shape index (κ1) is 17.4. The summed E-state index contributed by atoms with van der Waals surface area (Å²) in [5.74, 6) is 2.30. The molecule has 6 heteroatoms. The number of amides is 2. The lowest BCUT2D eigenvalue weighted by Crippen LogP contribution is -2.34. The standard InChI is InChI=1S/C19H24N2O4/c1-13-6-7-14(24-3)11-16(13)20-19(22)21-10-4-5-17(21)18-9-8-15(25-18)12-23-2/h6-9,11,17H,4-5,10,12H2,1-3H3,(H,20,22). The van der Waals surface area contributed by atoms with Gasteiger partial charge in [0.05, 0.1) is 13.2 Å². The van der Waals surface area contributed by atoms with E-state index in [0.29, 0.717) is 18.9 Å². The monoisotopic (exact) mass is 344 g/mol. The van der Waals surface area contributed by atoms with Crippen molar-refractivity contribution in [3.63, 3.8) is 0 Å². The maximum absolute atomic E-state index is 12.8. The van der Waals surface area contributed by atoms with Crippen molar-refractivity contribution in [2.24, 2.45) is 0 Å². The number of aryl methyl sites for hydroxylation is 1. The lowest BCUT2D eigenvalue weighted by Gasteiger charge is -2.24. The van der Waals surface area contributed by atoms with Crippen LogP contribution in [0.3, 0.4) is 0 Å². The quantitative estimate of drug-likeness (QED) is 0.886. The van der Waals surface area contributed by atoms with Crippen LogP contribution in [0.25, 0.3) is 0 Å². The third kappa shape index (κ3) is 3.79. The number of likely N-dealkylation sites (tertiary alicyclic amines) is 1. The first-order chi connectivity index (χ1) is 12.1. The highest BCUT2D eigenvalue weighted by atomic mass is 16.5. The number of hydrogen-bond acceptors (Lipinski definition) is 4. The smallest absolute Gasteiger partial charge is 0.322 e. The molecule has 1 aliphatic rings. The van der Waals surface area contributed by atoms with Gasteiger partial charge >= 0.3 is 6.03 Å². The summed E-state index contributed by atoms with van der Waals surface area (Å²) in [5, 5.41) is 3.00. The molecule has 0 aliphatic carbocycles. The molecule has 2 amide bonds. The summed E-state index contributed by atoms with van der Waals surface area (Å²) >= 11 is 0. The number of nitrogens with zero attached hydrogens (tertiary/aromatic N) is 1. The number of benzene rings is 1. The molecule has 1 aromatic heterocycles. The van der Waals surface area contributed by atoms with Crippen LogP contribution in [-0.4, -0.2) is 31.7 Å². The zero-order valence-corrected chi connectivity index (χ0v) is 14.9. The lowest BCUT2D eigenvalue weighted by molar-refractivity contribution is 0.157. The molecule has 0 spiro atoms. The Morgan fingerprint density at radius 3 is 2.92 bits per heavy atom. The van der Waals surface area contributed by atoms with Gasteiger partial charge in [-0.15, -0.1) is 0 Å². The zero-order valence-electron chi connectivity index (χ0n) is 14.9. The van der Waals surface area contributed by atoms with E-state index in [4.69, 9.17) is 13.9 Å². The van der Waals surface area contributed by atoms with E-state index in [1.54, 1.807) is 14.2 Å². The second-order valence-electron chi connectivity index (χ2n) is 6.20. The van der Waals surface area contributed by atoms with E-state index in [0.717, 1.165) is 35.6 Å². The molecule has 1 aliphatic heterocycles. The second kappa shape index (κ2) is 7.61. The number of furan rings is 1. The van der Waals surface area contributed by atoms with Crippen LogP contribution in [0.2, 0.25) is 0 Å². The Morgan fingerprint density at radius 1 is 1.32 bits per heavy atom. The highest BCUT2D eigenvalue weighted by molar-refractivity contribution is 5.90. The molecule has 1 aromatic carbocycles. The number of carbonyl (C=O) groups is 1. The first-order valence-electron chi connectivity index (χ1n) is 8.42. The van der Waals surface area contributed by atoms with Gasteiger partial charge in [0.1, 0.15) is 23.9 Å². The number of carbonyl (C=O) groups excluding carboxylic acids is 1. The van der Waals surface area contributed by atoms with Gasteiger partial charge in [0.2, 0.25) is 0 Å². The summed E-state index contributed by atoms with van der Waals surface area (Å²) in [4.78, 5) is 14.6. The fraction of sp³-hybridized carbons (Fsp3) is 0.421. The van der Waals surface area contributed by atoms with Crippen LogP contribution in [0.15, 0.2) is 34.7 Å². The molecule has 1 atom stereocenters. The van der Waals surface area contributed by atoms with Crippen LogP contribution >= 0.6 is 0 Å². The topological polar surface area (TPSA) is 63.9 Å². The molecule has 6 nitrogen and oxygen atoms in total. The van der Waals surface area contributed by atoms with E-state index in [-0.39, 0.29) is 12.1 Å². The number of methoxy groups -OCH3 is 2. The van der Waals surface area contributed by atoms with Crippen LogP contribution in [0.1, 0.15) is 36.0 Å². The Morgan fingerprint density at radius 2 is 2.16 bits per heavy atom. The third-order valence-electron chi connectivity index (χ3n) is 4.50. The Kier molecular flexibility index (Phi) is 5.28. The van der Waals surface area contributed by atoms with Crippen LogP contribution in [0.5, 0.6) is 5.75 Å². The van der Waals surface area contributed by atoms with Gasteiger partial charge in [-0.1, -0.05) is 6.07 Å². The number of nitrogens with one attached hydrogen (secondary N) is 1. The molecular weight excluding hydrogens is 320 g/mol. The molecule has 3 rings (SSSR count). The minimum absolute atomic E-state index is 0.0449. The normalized spacial score (nSPS) is 16.9. The van der Waals surface area contributed by atoms with E-state index in [1.165, 1.54) is 0 Å². The van der Waals surface area contributed by atoms with E-state index in [1.807, 2.05) is 42.2 Å². The summed E-state index contributed by atoms with van der Waals surface area (Å²) in [5.41, 5.74) is 1.75. The minimum Gasteiger partial charge on any atom is -0.497 e. The predicted molar refractivity (Wildman–Crippen MR) is 94.9 cm³/mol. The van der Waals surface area contributed by atoms with Gasteiger partial charge in [-0.25, -0.2) is 4.79 Å². The van der Waals surface area contributed by atoms with Gasteiger partial charge in [-0.3, -0.25) is 0 Å². The first-order valence-corrected chi connectivity index (χ1v) is 8.42. The predicted octanol–water partition coefficient (Wildman–Crippen LogP) is 4.11. The van der Waals surface area contributed by atoms with Gasteiger partial charge in [0.15, 0.2) is 0 Å². The second-order valence-corrected chi connectivity index (χ2v) is 6.20. The van der Waals surface area contributed by atoms with Gasteiger partial charge in [-0.05, 0) is 43.5 Å². The molecule has 2 aromatic rings. The zero-order chi connectivity index (χ0) is 17.8. The van der Waals surface area contributed by atoms with Gasteiger partial charge in [0.25, 0.3) is 0 Å². The van der Waals surface area contributed by atoms with E-state index < -0.39 is 0 Å². The number of anilines is 1. The molecule has 1 fully saturated rings. The largest absolute Gasteiger partial charge is 0.497 e. The molecule has 1 saturated heterocycles. The van der Waals surface area contributed by atoms with E-state index >= 15 is 0 Å².